The van der Waals surface area contributed by atoms with Gasteiger partial charge in [0.1, 0.15) is 0 Å². The molecule has 2 rings (SSSR count). The summed E-state index contributed by atoms with van der Waals surface area (Å²) in [5.74, 6) is -4.74. The molecular formula is C20H24N4O6. The fourth-order valence-corrected chi connectivity index (χ4v) is 3.40. The third-order valence-electron chi connectivity index (χ3n) is 4.89. The van der Waals surface area contributed by atoms with Crippen molar-refractivity contribution in [3.63, 3.8) is 0 Å². The van der Waals surface area contributed by atoms with E-state index in [0.29, 0.717) is 13.1 Å². The van der Waals surface area contributed by atoms with E-state index >= 15 is 0 Å². The number of rotatable bonds is 10. The van der Waals surface area contributed by atoms with Crippen LogP contribution in [0, 0.1) is 0 Å². The summed E-state index contributed by atoms with van der Waals surface area (Å²) in [4.78, 5) is 50.0. The second-order valence-corrected chi connectivity index (χ2v) is 6.55. The number of carboxylic acid groups (broad SMARTS) is 2. The number of nitrogens with two attached hydrogens (primary N) is 2. The molecule has 30 heavy (non-hydrogen) atoms. The molecule has 2 amide bonds. The molecule has 0 spiro atoms. The van der Waals surface area contributed by atoms with Crippen molar-refractivity contribution in [3.05, 3.63) is 40.5 Å². The molecule has 0 saturated carbocycles. The van der Waals surface area contributed by atoms with E-state index in [9.17, 15) is 29.4 Å². The highest BCUT2D eigenvalue weighted by Gasteiger charge is 2.27. The average Bonchev–Trinajstić information content (AvgIpc) is 2.68. The van der Waals surface area contributed by atoms with Gasteiger partial charge in [0, 0.05) is 35.1 Å². The zero-order chi connectivity index (χ0) is 22.6. The van der Waals surface area contributed by atoms with Crippen molar-refractivity contribution in [3.8, 4) is 0 Å². The van der Waals surface area contributed by atoms with Crippen LogP contribution in [0.4, 0.5) is 5.69 Å². The predicted molar refractivity (Wildman–Crippen MR) is 111 cm³/mol. The molecule has 0 saturated heterocycles. The number of carbonyl (C=O) groups is 4. The lowest BCUT2D eigenvalue weighted by Crippen LogP contribution is -2.29. The normalized spacial score (nSPS) is 10.9. The molecule has 0 aliphatic rings. The van der Waals surface area contributed by atoms with Crippen LogP contribution in [-0.2, 0) is 0 Å². The predicted octanol–water partition coefficient (Wildman–Crippen LogP) is 1.19. The van der Waals surface area contributed by atoms with Gasteiger partial charge in [0.2, 0.25) is 5.91 Å². The van der Waals surface area contributed by atoms with Gasteiger partial charge >= 0.3 is 11.9 Å². The first-order valence-corrected chi connectivity index (χ1v) is 9.30. The Morgan fingerprint density at radius 3 is 1.87 bits per heavy atom. The van der Waals surface area contributed by atoms with Crippen molar-refractivity contribution in [2.24, 2.45) is 11.5 Å². The maximum atomic E-state index is 12.3. The Labute approximate surface area is 172 Å². The molecule has 0 aliphatic carbocycles. The van der Waals surface area contributed by atoms with Gasteiger partial charge in [-0.2, -0.15) is 0 Å². The summed E-state index contributed by atoms with van der Waals surface area (Å²) in [6.45, 7) is 6.56. The molecular weight excluding hydrogens is 392 g/mol. The first-order chi connectivity index (χ1) is 14.1. The zero-order valence-electron chi connectivity index (χ0n) is 16.7. The molecule has 0 radical (unpaired) electrons. The number of nitrogens with one attached hydrogen (secondary N) is 1. The molecule has 10 heteroatoms. The second kappa shape index (κ2) is 9.23. The van der Waals surface area contributed by atoms with E-state index < -0.39 is 23.8 Å². The largest absolute Gasteiger partial charge is 0.478 e. The average molecular weight is 416 g/mol. The van der Waals surface area contributed by atoms with E-state index in [0.717, 1.165) is 25.2 Å². The number of fused-ring (bicyclic) bond motifs is 1. The second-order valence-electron chi connectivity index (χ2n) is 6.55. The van der Waals surface area contributed by atoms with Gasteiger partial charge in [-0.05, 0) is 31.3 Å². The zero-order valence-corrected chi connectivity index (χ0v) is 16.7. The quantitative estimate of drug-likeness (QED) is 0.383. The van der Waals surface area contributed by atoms with Gasteiger partial charge in [-0.3, -0.25) is 9.59 Å². The number of hydrogen-bond donors (Lipinski definition) is 5. The van der Waals surface area contributed by atoms with Gasteiger partial charge in [-0.25, -0.2) is 9.59 Å². The number of primary amides is 2. The number of carboxylic acids is 2. The molecule has 2 aromatic rings. The number of anilines is 1. The van der Waals surface area contributed by atoms with Crippen LogP contribution in [-0.4, -0.2) is 65.0 Å². The van der Waals surface area contributed by atoms with Crippen LogP contribution in [0.25, 0.3) is 10.8 Å². The first kappa shape index (κ1) is 22.6. The number of hydrogen-bond acceptors (Lipinski definition) is 6. The van der Waals surface area contributed by atoms with E-state index in [2.05, 4.69) is 10.2 Å². The minimum atomic E-state index is -1.41. The van der Waals surface area contributed by atoms with Crippen LogP contribution >= 0.6 is 0 Å². The highest BCUT2D eigenvalue weighted by atomic mass is 16.4. The highest BCUT2D eigenvalue weighted by molar-refractivity contribution is 6.25. The van der Waals surface area contributed by atoms with Crippen molar-refractivity contribution >= 4 is 40.2 Å². The van der Waals surface area contributed by atoms with Gasteiger partial charge < -0.3 is 31.9 Å². The number of benzene rings is 2. The Balaban J connectivity index is 2.86. The number of nitrogens with zero attached hydrogens (tertiary/aromatic N) is 1. The lowest BCUT2D eigenvalue weighted by molar-refractivity contribution is 0.0684. The smallest absolute Gasteiger partial charge is 0.336 e. The summed E-state index contributed by atoms with van der Waals surface area (Å²) < 4.78 is 0. The monoisotopic (exact) mass is 416 g/mol. The number of carbonyl (C=O) groups excluding carboxylic acids is 2. The van der Waals surface area contributed by atoms with E-state index in [1.165, 1.54) is 6.07 Å². The van der Waals surface area contributed by atoms with Crippen LogP contribution in [0.1, 0.15) is 55.3 Å². The van der Waals surface area contributed by atoms with Crippen molar-refractivity contribution in [2.45, 2.75) is 13.8 Å². The Hall–Kier alpha value is -3.66. The van der Waals surface area contributed by atoms with E-state index in [4.69, 9.17) is 11.5 Å². The maximum absolute atomic E-state index is 12.3. The topological polar surface area (TPSA) is 176 Å². The minimum absolute atomic E-state index is 0.112. The van der Waals surface area contributed by atoms with E-state index in [1.54, 1.807) is 0 Å². The van der Waals surface area contributed by atoms with Crippen LogP contribution < -0.4 is 16.8 Å². The third kappa shape index (κ3) is 4.33. The Morgan fingerprint density at radius 1 is 0.900 bits per heavy atom. The van der Waals surface area contributed by atoms with Crippen molar-refractivity contribution in [1.82, 2.24) is 4.90 Å². The molecule has 7 N–H and O–H groups in total. The molecule has 0 aliphatic heterocycles. The summed E-state index contributed by atoms with van der Waals surface area (Å²) >= 11 is 0. The van der Waals surface area contributed by atoms with Gasteiger partial charge in [0.15, 0.2) is 0 Å². The molecule has 160 valence electrons. The highest BCUT2D eigenvalue weighted by Crippen LogP contribution is 2.35. The molecule has 10 nitrogen and oxygen atoms in total. The van der Waals surface area contributed by atoms with Crippen molar-refractivity contribution in [2.75, 3.05) is 31.5 Å². The van der Waals surface area contributed by atoms with Gasteiger partial charge in [-0.15, -0.1) is 0 Å². The lowest BCUT2D eigenvalue weighted by atomic mass is 9.89. The summed E-state index contributed by atoms with van der Waals surface area (Å²) in [6, 6.07) is 3.36. The Kier molecular flexibility index (Phi) is 6.96. The van der Waals surface area contributed by atoms with Gasteiger partial charge in [0.05, 0.1) is 16.7 Å². The fourth-order valence-electron chi connectivity index (χ4n) is 3.40. The van der Waals surface area contributed by atoms with Crippen molar-refractivity contribution < 1.29 is 29.4 Å². The fraction of sp³-hybridized carbons (Fsp3) is 0.300. The summed E-state index contributed by atoms with van der Waals surface area (Å²) in [5, 5.41) is 21.7. The van der Waals surface area contributed by atoms with E-state index in [-0.39, 0.29) is 38.7 Å². The Morgan fingerprint density at radius 2 is 1.43 bits per heavy atom. The van der Waals surface area contributed by atoms with Gasteiger partial charge in [-0.1, -0.05) is 13.8 Å². The van der Waals surface area contributed by atoms with Crippen LogP contribution in [0.5, 0.6) is 0 Å². The summed E-state index contributed by atoms with van der Waals surface area (Å²) in [5.41, 5.74) is 9.95. The molecule has 0 aromatic heterocycles. The summed E-state index contributed by atoms with van der Waals surface area (Å²) in [6.07, 6.45) is 0. The third-order valence-corrected chi connectivity index (χ3v) is 4.89. The Bertz CT molecular complexity index is 1030. The van der Waals surface area contributed by atoms with Gasteiger partial charge in [0.25, 0.3) is 5.91 Å². The summed E-state index contributed by atoms with van der Waals surface area (Å²) in [7, 11) is 0. The SMILES string of the molecule is CCN(CC)CCNc1cc(C(N)=O)c2c(C(=O)O)ccc(C(=O)O)c2c1C(N)=O. The van der Waals surface area contributed by atoms with Crippen LogP contribution in [0.2, 0.25) is 0 Å². The standard InChI is InChI=1S/C20H24N4O6/c1-3-24(4-2)8-7-23-13-9-12(17(21)25)14-10(19(27)28)5-6-11(20(29)30)15(14)16(13)18(22)26/h5-6,9,23H,3-4,7-8H2,1-2H3,(H2,21,25)(H2,22,26)(H,27,28)(H,29,30). The molecule has 0 heterocycles. The lowest BCUT2D eigenvalue weighted by Gasteiger charge is -2.21. The number of likely N-dealkylation sites (N-methyl/N-ethyl adjacent to an activating group) is 1. The van der Waals surface area contributed by atoms with E-state index in [1.807, 2.05) is 13.8 Å². The molecule has 0 unspecified atom stereocenters. The molecule has 0 atom stereocenters. The molecule has 0 fully saturated rings. The van der Waals surface area contributed by atoms with Crippen LogP contribution in [0.15, 0.2) is 18.2 Å². The number of amides is 2. The number of aromatic carboxylic acids is 2. The minimum Gasteiger partial charge on any atom is -0.478 e. The van der Waals surface area contributed by atoms with Crippen molar-refractivity contribution in [1.29, 1.82) is 0 Å². The molecule has 2 aromatic carbocycles. The maximum Gasteiger partial charge on any atom is 0.336 e. The molecule has 0 bridgehead atoms. The van der Waals surface area contributed by atoms with Crippen LogP contribution in [0.3, 0.4) is 0 Å². The first-order valence-electron chi connectivity index (χ1n) is 9.30.